The maximum absolute atomic E-state index is 12.7. The molecule has 0 atom stereocenters. The van der Waals surface area contributed by atoms with Crippen molar-refractivity contribution < 1.29 is 9.18 Å². The second-order valence-corrected chi connectivity index (χ2v) is 3.75. The van der Waals surface area contributed by atoms with Gasteiger partial charge in [-0.15, -0.1) is 0 Å². The van der Waals surface area contributed by atoms with Gasteiger partial charge in [0.2, 0.25) is 0 Å². The van der Waals surface area contributed by atoms with Crippen molar-refractivity contribution in [3.63, 3.8) is 0 Å². The first kappa shape index (κ1) is 12.0. The number of hydrazone groups is 1. The molecule has 92 valence electrons. The Morgan fingerprint density at radius 1 is 1.33 bits per heavy atom. The minimum absolute atomic E-state index is 0.362. The number of halogens is 1. The Kier molecular flexibility index (Phi) is 3.52. The molecular weight excluding hydrogens is 233 g/mol. The Morgan fingerprint density at radius 3 is 2.67 bits per heavy atom. The van der Waals surface area contributed by atoms with Crippen molar-refractivity contribution in [2.45, 2.75) is 0 Å². The third kappa shape index (κ3) is 2.82. The lowest BCUT2D eigenvalue weighted by atomic mass is 10.2. The summed E-state index contributed by atoms with van der Waals surface area (Å²) in [6.07, 6.45) is 3.42. The molecule has 2 aromatic rings. The van der Waals surface area contributed by atoms with Crippen LogP contribution >= 0.6 is 0 Å². The zero-order valence-electron chi connectivity index (χ0n) is 9.80. The van der Waals surface area contributed by atoms with Crippen LogP contribution in [-0.2, 0) is 7.05 Å². The van der Waals surface area contributed by atoms with Gasteiger partial charge in [0.25, 0.3) is 5.91 Å². The number of hydrogen-bond acceptors (Lipinski definition) is 2. The highest BCUT2D eigenvalue weighted by Crippen LogP contribution is 2.02. The molecule has 0 fully saturated rings. The van der Waals surface area contributed by atoms with Crippen LogP contribution in [0.4, 0.5) is 4.39 Å². The zero-order chi connectivity index (χ0) is 13.0. The quantitative estimate of drug-likeness (QED) is 0.651. The number of nitrogens with zero attached hydrogens (tertiary/aromatic N) is 2. The fourth-order valence-electron chi connectivity index (χ4n) is 1.43. The second kappa shape index (κ2) is 5.27. The van der Waals surface area contributed by atoms with E-state index in [0.29, 0.717) is 5.56 Å². The highest BCUT2D eigenvalue weighted by atomic mass is 19.1. The van der Waals surface area contributed by atoms with Crippen molar-refractivity contribution in [3.05, 3.63) is 59.7 Å². The lowest BCUT2D eigenvalue weighted by molar-refractivity contribution is 0.0955. The van der Waals surface area contributed by atoms with Gasteiger partial charge in [0.15, 0.2) is 0 Å². The number of rotatable bonds is 3. The summed E-state index contributed by atoms with van der Waals surface area (Å²) in [5.41, 5.74) is 3.61. The van der Waals surface area contributed by atoms with Crippen LogP contribution in [-0.4, -0.2) is 16.7 Å². The van der Waals surface area contributed by atoms with Crippen molar-refractivity contribution in [1.29, 1.82) is 0 Å². The van der Waals surface area contributed by atoms with E-state index in [9.17, 15) is 9.18 Å². The summed E-state index contributed by atoms with van der Waals surface area (Å²) >= 11 is 0. The number of aryl methyl sites for hydroxylation is 1. The van der Waals surface area contributed by atoms with Crippen molar-refractivity contribution >= 4 is 12.1 Å². The molecule has 0 aliphatic carbocycles. The molecule has 0 saturated heterocycles. The van der Waals surface area contributed by atoms with E-state index >= 15 is 0 Å². The highest BCUT2D eigenvalue weighted by Gasteiger charge is 2.03. The van der Waals surface area contributed by atoms with E-state index in [2.05, 4.69) is 10.5 Å². The molecule has 0 radical (unpaired) electrons. The van der Waals surface area contributed by atoms with Crippen LogP contribution in [0.3, 0.4) is 0 Å². The number of hydrogen-bond donors (Lipinski definition) is 1. The average molecular weight is 245 g/mol. The molecular formula is C13H12FN3O. The van der Waals surface area contributed by atoms with Crippen molar-refractivity contribution in [2.24, 2.45) is 12.1 Å². The molecule has 5 heteroatoms. The van der Waals surface area contributed by atoms with E-state index in [1.165, 1.54) is 24.3 Å². The van der Waals surface area contributed by atoms with Crippen LogP contribution in [0.2, 0.25) is 0 Å². The Hall–Kier alpha value is -2.43. The second-order valence-electron chi connectivity index (χ2n) is 3.75. The van der Waals surface area contributed by atoms with Crippen LogP contribution in [0.15, 0.2) is 47.7 Å². The van der Waals surface area contributed by atoms with Gasteiger partial charge >= 0.3 is 0 Å². The van der Waals surface area contributed by atoms with Gasteiger partial charge in [0.05, 0.1) is 11.9 Å². The number of nitrogens with one attached hydrogen (secondary N) is 1. The predicted octanol–water partition coefficient (Wildman–Crippen LogP) is 1.93. The minimum Gasteiger partial charge on any atom is -0.350 e. The van der Waals surface area contributed by atoms with E-state index in [4.69, 9.17) is 0 Å². The van der Waals surface area contributed by atoms with E-state index < -0.39 is 0 Å². The zero-order valence-corrected chi connectivity index (χ0v) is 9.80. The van der Waals surface area contributed by atoms with Gasteiger partial charge < -0.3 is 4.57 Å². The van der Waals surface area contributed by atoms with E-state index in [-0.39, 0.29) is 11.7 Å². The molecule has 4 nitrogen and oxygen atoms in total. The smallest absolute Gasteiger partial charge is 0.271 e. The first-order valence-electron chi connectivity index (χ1n) is 5.37. The fraction of sp³-hybridized carbons (Fsp3) is 0.0769. The predicted molar refractivity (Wildman–Crippen MR) is 66.9 cm³/mol. The van der Waals surface area contributed by atoms with Gasteiger partial charge in [0, 0.05) is 18.8 Å². The molecule has 0 unspecified atom stereocenters. The summed E-state index contributed by atoms with van der Waals surface area (Å²) in [6.45, 7) is 0. The van der Waals surface area contributed by atoms with Gasteiger partial charge in [-0.3, -0.25) is 4.79 Å². The number of carbonyl (C=O) groups excluding carboxylic acids is 1. The van der Waals surface area contributed by atoms with Crippen molar-refractivity contribution in [3.8, 4) is 0 Å². The summed E-state index contributed by atoms with van der Waals surface area (Å²) in [6, 6.07) is 9.02. The van der Waals surface area contributed by atoms with Gasteiger partial charge in [-0.2, -0.15) is 5.10 Å². The molecule has 18 heavy (non-hydrogen) atoms. The summed E-state index contributed by atoms with van der Waals surface area (Å²) in [5.74, 6) is -0.751. The topological polar surface area (TPSA) is 46.4 Å². The third-order valence-corrected chi connectivity index (χ3v) is 2.45. The lowest BCUT2D eigenvalue weighted by Crippen LogP contribution is -2.17. The Bertz CT molecular complexity index is 572. The van der Waals surface area contributed by atoms with Gasteiger partial charge in [-0.25, -0.2) is 9.82 Å². The van der Waals surface area contributed by atoms with Crippen molar-refractivity contribution in [1.82, 2.24) is 9.99 Å². The summed E-state index contributed by atoms with van der Waals surface area (Å²) in [7, 11) is 1.88. The van der Waals surface area contributed by atoms with Crippen LogP contribution in [0, 0.1) is 5.82 Å². The molecule has 1 heterocycles. The molecule has 0 aliphatic rings. The molecule has 2 rings (SSSR count). The molecule has 0 bridgehead atoms. The van der Waals surface area contributed by atoms with Crippen molar-refractivity contribution in [2.75, 3.05) is 0 Å². The van der Waals surface area contributed by atoms with E-state index in [1.54, 1.807) is 6.21 Å². The fourth-order valence-corrected chi connectivity index (χ4v) is 1.43. The minimum atomic E-state index is -0.376. The summed E-state index contributed by atoms with van der Waals surface area (Å²) in [4.78, 5) is 11.6. The van der Waals surface area contributed by atoms with Gasteiger partial charge in [0.1, 0.15) is 5.82 Å². The standard InChI is InChI=1S/C13H12FN3O/c1-17-8-2-3-12(17)9-15-16-13(18)10-4-6-11(14)7-5-10/h2-9H,1H3,(H,16,18)/b15-9-. The maximum atomic E-state index is 12.7. The van der Waals surface area contributed by atoms with E-state index in [1.807, 2.05) is 29.9 Å². The SMILES string of the molecule is Cn1cccc1/C=N\NC(=O)c1ccc(F)cc1. The number of benzene rings is 1. The van der Waals surface area contributed by atoms with Crippen LogP contribution in [0.5, 0.6) is 0 Å². The van der Waals surface area contributed by atoms with Gasteiger partial charge in [-0.1, -0.05) is 0 Å². The Morgan fingerprint density at radius 2 is 2.06 bits per heavy atom. The third-order valence-electron chi connectivity index (χ3n) is 2.45. The van der Waals surface area contributed by atoms with E-state index in [0.717, 1.165) is 5.69 Å². The monoisotopic (exact) mass is 245 g/mol. The first-order chi connectivity index (χ1) is 8.66. The maximum Gasteiger partial charge on any atom is 0.271 e. The highest BCUT2D eigenvalue weighted by molar-refractivity contribution is 5.94. The van der Waals surface area contributed by atoms with Crippen LogP contribution < -0.4 is 5.43 Å². The Balaban J connectivity index is 1.98. The first-order valence-corrected chi connectivity index (χ1v) is 5.37. The lowest BCUT2D eigenvalue weighted by Gasteiger charge is -1.99. The average Bonchev–Trinajstić information content (AvgIpc) is 2.76. The van der Waals surface area contributed by atoms with Crippen LogP contribution in [0.1, 0.15) is 16.1 Å². The molecule has 0 spiro atoms. The molecule has 1 aromatic carbocycles. The van der Waals surface area contributed by atoms with Crippen LogP contribution in [0.25, 0.3) is 0 Å². The molecule has 1 N–H and O–H groups in total. The molecule has 1 aromatic heterocycles. The molecule has 0 saturated carbocycles. The largest absolute Gasteiger partial charge is 0.350 e. The number of aromatic nitrogens is 1. The normalized spacial score (nSPS) is 10.8. The molecule has 1 amide bonds. The Labute approximate surface area is 104 Å². The summed E-state index contributed by atoms with van der Waals surface area (Å²) < 4.78 is 14.5. The van der Waals surface area contributed by atoms with Gasteiger partial charge in [-0.05, 0) is 36.4 Å². The number of amides is 1. The summed E-state index contributed by atoms with van der Waals surface area (Å²) in [5, 5.41) is 3.83. The molecule has 0 aliphatic heterocycles. The number of carbonyl (C=O) groups is 1.